The molecule has 0 spiro atoms. The van der Waals surface area contributed by atoms with Crippen molar-refractivity contribution in [3.8, 4) is 6.07 Å². The van der Waals surface area contributed by atoms with Crippen molar-refractivity contribution in [3.05, 3.63) is 0 Å². The normalized spacial score (nSPS) is 12.7. The molecule has 1 N–H and O–H groups in total. The fourth-order valence-corrected chi connectivity index (χ4v) is 1.86. The first kappa shape index (κ1) is 16.9. The molecule has 0 aliphatic rings. The number of rotatable bonds is 10. The SMILES string of the molecule is CCN(CC)CCCN(CC#N)CC(C)C(=O)O. The van der Waals surface area contributed by atoms with Crippen molar-refractivity contribution in [1.29, 1.82) is 5.26 Å². The van der Waals surface area contributed by atoms with Gasteiger partial charge in [-0.25, -0.2) is 0 Å². The van der Waals surface area contributed by atoms with E-state index < -0.39 is 11.9 Å². The molecule has 0 saturated carbocycles. The summed E-state index contributed by atoms with van der Waals surface area (Å²) in [5, 5.41) is 17.6. The van der Waals surface area contributed by atoms with Gasteiger partial charge in [-0.1, -0.05) is 20.8 Å². The van der Waals surface area contributed by atoms with E-state index in [0.29, 0.717) is 13.1 Å². The molecule has 0 saturated heterocycles. The van der Waals surface area contributed by atoms with Crippen molar-refractivity contribution >= 4 is 5.97 Å². The number of hydrogen-bond donors (Lipinski definition) is 1. The van der Waals surface area contributed by atoms with Crippen LogP contribution >= 0.6 is 0 Å². The zero-order chi connectivity index (χ0) is 14.0. The van der Waals surface area contributed by atoms with Gasteiger partial charge in [0.1, 0.15) is 0 Å². The average Bonchev–Trinajstić information content (AvgIpc) is 2.34. The van der Waals surface area contributed by atoms with Gasteiger partial charge in [0.25, 0.3) is 0 Å². The summed E-state index contributed by atoms with van der Waals surface area (Å²) in [4.78, 5) is 15.0. The summed E-state index contributed by atoms with van der Waals surface area (Å²) >= 11 is 0. The second-order valence-electron chi connectivity index (χ2n) is 4.51. The van der Waals surface area contributed by atoms with Gasteiger partial charge in [-0.15, -0.1) is 0 Å². The number of carbonyl (C=O) groups is 1. The quantitative estimate of drug-likeness (QED) is 0.595. The Balaban J connectivity index is 4.04. The molecule has 1 unspecified atom stereocenters. The molecule has 0 aromatic carbocycles. The molecule has 5 heteroatoms. The van der Waals surface area contributed by atoms with E-state index in [1.165, 1.54) is 0 Å². The van der Waals surface area contributed by atoms with Gasteiger partial charge in [-0.3, -0.25) is 9.69 Å². The van der Waals surface area contributed by atoms with Gasteiger partial charge in [-0.2, -0.15) is 5.26 Å². The highest BCUT2D eigenvalue weighted by Gasteiger charge is 2.15. The molecular formula is C13H25N3O2. The minimum absolute atomic E-state index is 0.301. The summed E-state index contributed by atoms with van der Waals surface area (Å²) in [6.45, 7) is 10.5. The van der Waals surface area contributed by atoms with Crippen LogP contribution in [-0.4, -0.2) is 60.1 Å². The lowest BCUT2D eigenvalue weighted by Gasteiger charge is -2.23. The minimum Gasteiger partial charge on any atom is -0.481 e. The highest BCUT2D eigenvalue weighted by atomic mass is 16.4. The lowest BCUT2D eigenvalue weighted by Crippen LogP contribution is -2.35. The van der Waals surface area contributed by atoms with Gasteiger partial charge in [0, 0.05) is 13.1 Å². The maximum Gasteiger partial charge on any atom is 0.307 e. The third kappa shape index (κ3) is 7.25. The van der Waals surface area contributed by atoms with E-state index in [2.05, 4.69) is 24.8 Å². The highest BCUT2D eigenvalue weighted by Crippen LogP contribution is 2.02. The third-order valence-electron chi connectivity index (χ3n) is 3.09. The molecule has 0 rings (SSSR count). The largest absolute Gasteiger partial charge is 0.481 e. The van der Waals surface area contributed by atoms with Crippen molar-refractivity contribution in [2.45, 2.75) is 27.2 Å². The van der Waals surface area contributed by atoms with Crippen LogP contribution < -0.4 is 0 Å². The second-order valence-corrected chi connectivity index (χ2v) is 4.51. The van der Waals surface area contributed by atoms with Crippen LogP contribution in [0.4, 0.5) is 0 Å². The number of hydrogen-bond acceptors (Lipinski definition) is 4. The van der Waals surface area contributed by atoms with Gasteiger partial charge >= 0.3 is 5.97 Å². The molecule has 0 aliphatic carbocycles. The smallest absolute Gasteiger partial charge is 0.307 e. The van der Waals surface area contributed by atoms with Crippen molar-refractivity contribution in [3.63, 3.8) is 0 Å². The van der Waals surface area contributed by atoms with Gasteiger partial charge < -0.3 is 10.0 Å². The Morgan fingerprint density at radius 2 is 1.83 bits per heavy atom. The van der Waals surface area contributed by atoms with Crippen LogP contribution in [0.3, 0.4) is 0 Å². The summed E-state index contributed by atoms with van der Waals surface area (Å²) in [5.41, 5.74) is 0. The summed E-state index contributed by atoms with van der Waals surface area (Å²) in [5.74, 6) is -1.23. The van der Waals surface area contributed by atoms with E-state index in [-0.39, 0.29) is 0 Å². The van der Waals surface area contributed by atoms with E-state index in [4.69, 9.17) is 10.4 Å². The molecule has 0 amide bonds. The highest BCUT2D eigenvalue weighted by molar-refractivity contribution is 5.69. The summed E-state index contributed by atoms with van der Waals surface area (Å²) in [6.07, 6.45) is 0.968. The van der Waals surface area contributed by atoms with Crippen molar-refractivity contribution in [2.75, 3.05) is 39.3 Å². The topological polar surface area (TPSA) is 67.6 Å². The summed E-state index contributed by atoms with van der Waals surface area (Å²) in [7, 11) is 0. The van der Waals surface area contributed by atoms with E-state index in [1.807, 2.05) is 4.90 Å². The van der Waals surface area contributed by atoms with E-state index in [1.54, 1.807) is 6.92 Å². The van der Waals surface area contributed by atoms with Crippen molar-refractivity contribution in [2.24, 2.45) is 5.92 Å². The second kappa shape index (κ2) is 9.86. The molecule has 0 fully saturated rings. The first-order valence-corrected chi connectivity index (χ1v) is 6.59. The predicted molar refractivity (Wildman–Crippen MR) is 71.3 cm³/mol. The van der Waals surface area contributed by atoms with Crippen LogP contribution in [0.15, 0.2) is 0 Å². The molecule has 0 aromatic heterocycles. The molecule has 0 bridgehead atoms. The number of nitrogens with zero attached hydrogens (tertiary/aromatic N) is 3. The Kier molecular flexibility index (Phi) is 9.25. The van der Waals surface area contributed by atoms with Crippen LogP contribution in [-0.2, 0) is 4.79 Å². The van der Waals surface area contributed by atoms with Gasteiger partial charge in [0.15, 0.2) is 0 Å². The number of aliphatic carboxylic acids is 1. The first-order chi connectivity index (χ1) is 8.54. The molecule has 0 aliphatic heterocycles. The fraction of sp³-hybridized carbons (Fsp3) is 0.846. The summed E-state index contributed by atoms with van der Waals surface area (Å²) in [6, 6.07) is 2.10. The Labute approximate surface area is 110 Å². The van der Waals surface area contributed by atoms with Crippen LogP contribution in [0.25, 0.3) is 0 Å². The monoisotopic (exact) mass is 255 g/mol. The van der Waals surface area contributed by atoms with Crippen LogP contribution in [0.1, 0.15) is 27.2 Å². The lowest BCUT2D eigenvalue weighted by molar-refractivity contribution is -0.141. The molecule has 1 atom stereocenters. The zero-order valence-corrected chi connectivity index (χ0v) is 11.7. The Morgan fingerprint density at radius 1 is 1.28 bits per heavy atom. The molecule has 0 radical (unpaired) electrons. The Morgan fingerprint density at radius 3 is 2.28 bits per heavy atom. The van der Waals surface area contributed by atoms with E-state index >= 15 is 0 Å². The van der Waals surface area contributed by atoms with Gasteiger partial charge in [0.05, 0.1) is 18.5 Å². The predicted octanol–water partition coefficient (Wildman–Crippen LogP) is 1.26. The Bertz CT molecular complexity index is 272. The van der Waals surface area contributed by atoms with Crippen molar-refractivity contribution in [1.82, 2.24) is 9.80 Å². The Hall–Kier alpha value is -1.12. The fourth-order valence-electron chi connectivity index (χ4n) is 1.86. The number of nitriles is 1. The van der Waals surface area contributed by atoms with Crippen molar-refractivity contribution < 1.29 is 9.90 Å². The third-order valence-corrected chi connectivity index (χ3v) is 3.09. The van der Waals surface area contributed by atoms with Gasteiger partial charge in [-0.05, 0) is 26.1 Å². The average molecular weight is 255 g/mol. The molecular weight excluding hydrogens is 230 g/mol. The van der Waals surface area contributed by atoms with Gasteiger partial charge in [0.2, 0.25) is 0 Å². The molecule has 104 valence electrons. The maximum absolute atomic E-state index is 10.8. The van der Waals surface area contributed by atoms with Crippen LogP contribution in [0.2, 0.25) is 0 Å². The molecule has 0 heterocycles. The number of carboxylic acid groups (broad SMARTS) is 1. The molecule has 0 aromatic rings. The molecule has 18 heavy (non-hydrogen) atoms. The maximum atomic E-state index is 10.8. The van der Waals surface area contributed by atoms with E-state index in [9.17, 15) is 4.79 Å². The summed E-state index contributed by atoms with van der Waals surface area (Å²) < 4.78 is 0. The molecule has 5 nitrogen and oxygen atoms in total. The standard InChI is InChI=1S/C13H25N3O2/c1-4-15(5-2)8-6-9-16(10-7-14)11-12(3)13(17)18/h12H,4-6,8-11H2,1-3H3,(H,17,18). The minimum atomic E-state index is -0.804. The van der Waals surface area contributed by atoms with Crippen LogP contribution in [0.5, 0.6) is 0 Å². The number of carboxylic acids is 1. The van der Waals surface area contributed by atoms with E-state index in [0.717, 1.165) is 32.6 Å². The zero-order valence-electron chi connectivity index (χ0n) is 11.7. The first-order valence-electron chi connectivity index (χ1n) is 6.59. The lowest BCUT2D eigenvalue weighted by atomic mass is 10.1. The van der Waals surface area contributed by atoms with Crippen LogP contribution in [0, 0.1) is 17.2 Å².